The minimum Gasteiger partial charge on any atom is -0.309 e. The van der Waals surface area contributed by atoms with Gasteiger partial charge in [-0.15, -0.1) is 0 Å². The van der Waals surface area contributed by atoms with Gasteiger partial charge in [0.2, 0.25) is 0 Å². The quantitative estimate of drug-likeness (QED) is 0.158. The van der Waals surface area contributed by atoms with Gasteiger partial charge in [0.15, 0.2) is 0 Å². The van der Waals surface area contributed by atoms with Crippen LogP contribution in [0.4, 0.5) is 0 Å². The van der Waals surface area contributed by atoms with E-state index < -0.39 is 110 Å². The minimum atomic E-state index is -1.58. The Bertz CT molecular complexity index is 4380. The second kappa shape index (κ2) is 11.8. The molecule has 1 aromatic heterocycles. The Morgan fingerprint density at radius 1 is 0.421 bits per heavy atom. The summed E-state index contributed by atoms with van der Waals surface area (Å²) < 4.78 is 169. The Balaban J connectivity index is 1.19. The summed E-state index contributed by atoms with van der Waals surface area (Å²) in [6.45, 7) is 0. The standard InChI is InChI=1S/C56H37N/c1-2-12-44(13-3-1)57-51-15-5-4-14-47(51)50-33-40(24-29-52(50)57)41-30-42(45-25-20-38-18-16-34-8-6-10-36-22-27-48(45)55(38)53(34)36)32-43(31-41)46-26-21-39-19-17-35-9-7-11-37-23-28-49(46)56(39)54(35)37/h1-16,18,20-22,24-27,29-33H,17,19,23,28H2/i6D,7D,8D,9D,10D,11D,16D,17D,18D,19D,20D,21D,22D,23D,25D,26D,27D,28D. The lowest BCUT2D eigenvalue weighted by Gasteiger charge is -2.31. The van der Waals surface area contributed by atoms with Crippen LogP contribution in [0.1, 0.15) is 46.9 Å². The topological polar surface area (TPSA) is 4.93 Å². The van der Waals surface area contributed by atoms with Gasteiger partial charge in [-0.25, -0.2) is 0 Å². The maximum atomic E-state index is 9.80. The Morgan fingerprint density at radius 3 is 1.89 bits per heavy atom. The number of nitrogens with zero attached hydrogens (tertiary/aromatic N) is 1. The van der Waals surface area contributed by atoms with E-state index in [0.29, 0.717) is 11.1 Å². The SMILES string of the molecule is [2H]c1c([2H])c2c3c(c1[2H])C([2H])C([2H])c1c(-c4cc(-c5ccc6c(c5)c5ccccc5n6-c5ccccc5)cc(-c5c([2H])c([2H])c6c([2H])c([2H])c7c([2H])c([2H])c([2H])c8c([2H])c([2H])c5c6c78)c4)c([2H])c([2H])c(c1-3)C([2H])C2[2H]. The minimum absolute atomic E-state index is 0.00871. The van der Waals surface area contributed by atoms with Crippen molar-refractivity contribution in [2.75, 3.05) is 0 Å². The van der Waals surface area contributed by atoms with E-state index >= 15 is 0 Å². The molecule has 1 heterocycles. The molecular formula is C56H37N. The lowest BCUT2D eigenvalue weighted by Crippen LogP contribution is -2.14. The number of aromatic nitrogens is 1. The summed E-state index contributed by atoms with van der Waals surface area (Å²) >= 11 is 0. The highest BCUT2D eigenvalue weighted by atomic mass is 15.0. The Morgan fingerprint density at radius 2 is 1.05 bits per heavy atom. The number of hydrogen-bond acceptors (Lipinski definition) is 0. The summed E-state index contributed by atoms with van der Waals surface area (Å²) in [5.41, 5.74) is 4.02. The van der Waals surface area contributed by atoms with Crippen LogP contribution in [0.5, 0.6) is 0 Å². The highest BCUT2D eigenvalue weighted by Gasteiger charge is 2.28. The van der Waals surface area contributed by atoms with Crippen molar-refractivity contribution >= 4 is 54.1 Å². The van der Waals surface area contributed by atoms with Crippen molar-refractivity contribution in [1.29, 1.82) is 0 Å². The fourth-order valence-corrected chi connectivity index (χ4v) is 8.98. The molecule has 2 aliphatic carbocycles. The molecule has 0 spiro atoms. The van der Waals surface area contributed by atoms with Crippen LogP contribution in [-0.4, -0.2) is 4.57 Å². The molecule has 0 radical (unpaired) electrons. The molecule has 13 rings (SSSR count). The molecule has 266 valence electrons. The van der Waals surface area contributed by atoms with Crippen LogP contribution >= 0.6 is 0 Å². The lowest BCUT2D eigenvalue weighted by molar-refractivity contribution is 0.878. The smallest absolute Gasteiger partial charge is 0.0630 e. The lowest BCUT2D eigenvalue weighted by atomic mass is 9.73. The van der Waals surface area contributed by atoms with E-state index in [1.54, 1.807) is 18.2 Å². The second-order valence-electron chi connectivity index (χ2n) is 14.5. The normalized spacial score (nSPS) is 22.9. The van der Waals surface area contributed by atoms with Crippen LogP contribution in [0.3, 0.4) is 0 Å². The number of benzene rings is 10. The summed E-state index contributed by atoms with van der Waals surface area (Å²) in [4.78, 5) is 0. The van der Waals surface area contributed by atoms with Crippen LogP contribution in [0.2, 0.25) is 0 Å². The number of para-hydroxylation sites is 2. The van der Waals surface area contributed by atoms with Crippen LogP contribution < -0.4 is 0 Å². The fourth-order valence-electron chi connectivity index (χ4n) is 8.98. The Hall–Kier alpha value is -6.96. The fraction of sp³-hybridized carbons (Fsp3) is 0.0714. The monoisotopic (exact) mass is 741 g/mol. The Kier molecular flexibility index (Phi) is 3.88. The molecule has 2 aliphatic rings. The van der Waals surface area contributed by atoms with Gasteiger partial charge in [-0.1, -0.05) is 127 Å². The van der Waals surface area contributed by atoms with Gasteiger partial charge in [-0.3, -0.25) is 0 Å². The van der Waals surface area contributed by atoms with Gasteiger partial charge in [-0.2, -0.15) is 0 Å². The van der Waals surface area contributed by atoms with Crippen LogP contribution in [0.25, 0.3) is 104 Å². The van der Waals surface area contributed by atoms with Crippen LogP contribution in [-0.2, 0) is 25.6 Å². The molecule has 57 heavy (non-hydrogen) atoms. The first-order valence-corrected chi connectivity index (χ1v) is 18.7. The summed E-state index contributed by atoms with van der Waals surface area (Å²) in [6, 6.07) is 21.4. The predicted molar refractivity (Wildman–Crippen MR) is 241 cm³/mol. The van der Waals surface area contributed by atoms with E-state index in [0.717, 1.165) is 27.5 Å². The van der Waals surface area contributed by atoms with Crippen LogP contribution in [0, 0.1) is 0 Å². The molecule has 4 atom stereocenters. The van der Waals surface area contributed by atoms with E-state index in [-0.39, 0.29) is 88.0 Å². The van der Waals surface area contributed by atoms with Crippen molar-refractivity contribution in [1.82, 2.24) is 4.57 Å². The second-order valence-corrected chi connectivity index (χ2v) is 14.5. The van der Waals surface area contributed by atoms with Gasteiger partial charge < -0.3 is 4.57 Å². The van der Waals surface area contributed by atoms with Gasteiger partial charge in [0, 0.05) is 21.9 Å². The third-order valence-corrected chi connectivity index (χ3v) is 11.5. The third kappa shape index (κ3) is 4.51. The molecule has 1 heteroatoms. The molecule has 0 N–H and O–H groups in total. The first-order chi connectivity index (χ1) is 35.8. The molecule has 4 unspecified atom stereocenters. The average molecular weight is 742 g/mol. The summed E-state index contributed by atoms with van der Waals surface area (Å²) in [6.07, 6.45) is -6.19. The molecule has 0 aliphatic heterocycles. The van der Waals surface area contributed by atoms with Crippen molar-refractivity contribution in [3.8, 4) is 50.2 Å². The van der Waals surface area contributed by atoms with Crippen molar-refractivity contribution in [2.24, 2.45) is 0 Å². The molecule has 0 amide bonds. The maximum Gasteiger partial charge on any atom is 0.0630 e. The average Bonchev–Trinajstić information content (AvgIpc) is 3.84. The van der Waals surface area contributed by atoms with E-state index in [2.05, 4.69) is 4.57 Å². The zero-order chi connectivity index (χ0) is 52.9. The number of rotatable bonds is 4. The molecule has 0 bridgehead atoms. The van der Waals surface area contributed by atoms with Gasteiger partial charge in [0.1, 0.15) is 0 Å². The van der Waals surface area contributed by atoms with E-state index in [4.69, 9.17) is 12.3 Å². The van der Waals surface area contributed by atoms with Gasteiger partial charge >= 0.3 is 0 Å². The first-order valence-electron chi connectivity index (χ1n) is 28.0. The van der Waals surface area contributed by atoms with Crippen molar-refractivity contribution < 1.29 is 24.7 Å². The largest absolute Gasteiger partial charge is 0.309 e. The predicted octanol–water partition coefficient (Wildman–Crippen LogP) is 14.5. The van der Waals surface area contributed by atoms with Crippen molar-refractivity contribution in [3.63, 3.8) is 0 Å². The molecule has 0 saturated heterocycles. The zero-order valence-corrected chi connectivity index (χ0v) is 29.9. The van der Waals surface area contributed by atoms with Gasteiger partial charge in [0.05, 0.1) is 30.2 Å². The molecule has 0 fully saturated rings. The molecule has 1 nitrogen and oxygen atoms in total. The first kappa shape index (κ1) is 18.8. The van der Waals surface area contributed by atoms with E-state index in [9.17, 15) is 12.3 Å². The summed E-state index contributed by atoms with van der Waals surface area (Å²) in [5, 5.41) is 1.00. The molecule has 0 saturated carbocycles. The maximum absolute atomic E-state index is 9.80. The van der Waals surface area contributed by atoms with E-state index in [1.807, 2.05) is 72.8 Å². The van der Waals surface area contributed by atoms with Gasteiger partial charge in [-0.05, 0) is 173 Å². The van der Waals surface area contributed by atoms with Crippen LogP contribution in [0.15, 0.2) is 176 Å². The number of hydrogen-bond donors (Lipinski definition) is 0. The highest BCUT2D eigenvalue weighted by molar-refractivity contribution is 6.25. The Labute approximate surface area is 356 Å². The van der Waals surface area contributed by atoms with Crippen molar-refractivity contribution in [2.45, 2.75) is 25.6 Å². The summed E-state index contributed by atoms with van der Waals surface area (Å²) in [5.74, 6) is 0. The van der Waals surface area contributed by atoms with Crippen molar-refractivity contribution in [3.05, 3.63) is 198 Å². The zero-order valence-electron chi connectivity index (χ0n) is 47.9. The molecule has 11 aromatic rings. The number of fused-ring (bicyclic) bond motifs is 3. The highest BCUT2D eigenvalue weighted by Crippen LogP contribution is 2.48. The third-order valence-electron chi connectivity index (χ3n) is 11.5. The molecule has 10 aromatic carbocycles. The molecular weight excluding hydrogens is 687 g/mol. The van der Waals surface area contributed by atoms with Gasteiger partial charge in [0.25, 0.3) is 0 Å². The van der Waals surface area contributed by atoms with E-state index in [1.165, 1.54) is 0 Å². The summed E-state index contributed by atoms with van der Waals surface area (Å²) in [7, 11) is 0.